The lowest BCUT2D eigenvalue weighted by Crippen LogP contribution is -2.55. The maximum Gasteiger partial charge on any atom is 0.231 e. The highest BCUT2D eigenvalue weighted by Gasteiger charge is 2.29. The Bertz CT molecular complexity index is 661. The number of piperidine rings is 1. The molecule has 4 rings (SSSR count). The van der Waals surface area contributed by atoms with Gasteiger partial charge in [0.2, 0.25) is 12.7 Å². The number of nitrogens with two attached hydrogens (primary N) is 1. The van der Waals surface area contributed by atoms with Gasteiger partial charge >= 0.3 is 0 Å². The summed E-state index contributed by atoms with van der Waals surface area (Å²) in [4.78, 5) is 19.2. The lowest BCUT2D eigenvalue weighted by atomic mass is 10.0. The van der Waals surface area contributed by atoms with Crippen molar-refractivity contribution in [3.8, 4) is 11.5 Å². The van der Waals surface area contributed by atoms with Crippen LogP contribution >= 0.6 is 0 Å². The Hall–Kier alpha value is -1.83. The third-order valence-electron chi connectivity index (χ3n) is 5.87. The van der Waals surface area contributed by atoms with Crippen molar-refractivity contribution in [3.63, 3.8) is 0 Å². The molecule has 1 atom stereocenters. The van der Waals surface area contributed by atoms with E-state index in [4.69, 9.17) is 15.2 Å². The minimum absolute atomic E-state index is 0.212. The van der Waals surface area contributed by atoms with Crippen LogP contribution in [0.3, 0.4) is 0 Å². The zero-order valence-electron chi connectivity index (χ0n) is 15.9. The molecule has 0 aliphatic carbocycles. The normalized spacial score (nSPS) is 23.6. The van der Waals surface area contributed by atoms with Crippen LogP contribution in [0.2, 0.25) is 0 Å². The van der Waals surface area contributed by atoms with Crippen LogP contribution < -0.4 is 15.2 Å². The van der Waals surface area contributed by atoms with Crippen molar-refractivity contribution in [2.75, 3.05) is 52.6 Å². The van der Waals surface area contributed by atoms with Crippen LogP contribution in [0.15, 0.2) is 18.2 Å². The molecular formula is C20H30N4O3. The molecule has 148 valence electrons. The van der Waals surface area contributed by atoms with Gasteiger partial charge in [-0.2, -0.15) is 0 Å². The van der Waals surface area contributed by atoms with E-state index in [0.717, 1.165) is 63.7 Å². The third-order valence-corrected chi connectivity index (χ3v) is 5.87. The van der Waals surface area contributed by atoms with Gasteiger partial charge < -0.3 is 20.1 Å². The summed E-state index contributed by atoms with van der Waals surface area (Å²) in [5.41, 5.74) is 6.81. The number of hydrogen-bond donors (Lipinski definition) is 1. The Kier molecular flexibility index (Phi) is 5.80. The Labute approximate surface area is 161 Å². The monoisotopic (exact) mass is 374 g/mol. The Balaban J connectivity index is 1.27. The topological polar surface area (TPSA) is 71.3 Å². The second-order valence-corrected chi connectivity index (χ2v) is 7.67. The van der Waals surface area contributed by atoms with E-state index in [1.807, 2.05) is 11.0 Å². The Morgan fingerprint density at radius 3 is 2.74 bits per heavy atom. The van der Waals surface area contributed by atoms with E-state index in [-0.39, 0.29) is 5.91 Å². The quantitative estimate of drug-likeness (QED) is 0.825. The first kappa shape index (κ1) is 18.5. The van der Waals surface area contributed by atoms with Gasteiger partial charge in [-0.3, -0.25) is 14.6 Å². The van der Waals surface area contributed by atoms with E-state index in [1.54, 1.807) is 0 Å². The van der Waals surface area contributed by atoms with Gasteiger partial charge in [-0.25, -0.2) is 0 Å². The molecule has 7 heteroatoms. The number of fused-ring (bicyclic) bond motifs is 1. The van der Waals surface area contributed by atoms with E-state index in [0.29, 0.717) is 25.8 Å². The fourth-order valence-corrected chi connectivity index (χ4v) is 4.34. The van der Waals surface area contributed by atoms with Crippen LogP contribution in [0, 0.1) is 0 Å². The smallest absolute Gasteiger partial charge is 0.231 e. The van der Waals surface area contributed by atoms with Gasteiger partial charge in [-0.1, -0.05) is 6.07 Å². The van der Waals surface area contributed by atoms with Gasteiger partial charge in [0.15, 0.2) is 11.5 Å². The van der Waals surface area contributed by atoms with Gasteiger partial charge in [0, 0.05) is 64.8 Å². The van der Waals surface area contributed by atoms with Gasteiger partial charge in [0.25, 0.3) is 0 Å². The van der Waals surface area contributed by atoms with Crippen molar-refractivity contribution in [1.82, 2.24) is 14.7 Å². The minimum atomic E-state index is 0.212. The maximum atomic E-state index is 12.2. The Morgan fingerprint density at radius 2 is 1.93 bits per heavy atom. The molecule has 0 saturated carbocycles. The molecule has 3 aliphatic heterocycles. The van der Waals surface area contributed by atoms with E-state index < -0.39 is 0 Å². The summed E-state index contributed by atoms with van der Waals surface area (Å²) in [6, 6.07) is 6.72. The summed E-state index contributed by atoms with van der Waals surface area (Å²) < 4.78 is 10.9. The highest BCUT2D eigenvalue weighted by atomic mass is 16.7. The standard InChI is InChI=1S/C20H30N4O3/c21-6-5-20(25)24-7-1-2-17(14-24)23-10-8-22(9-11-23)13-16-3-4-18-19(12-16)27-15-26-18/h3-4,12,17H,1-2,5-11,13-15,21H2/t17-/m1/s1. The second kappa shape index (κ2) is 8.46. The Morgan fingerprint density at radius 1 is 1.11 bits per heavy atom. The van der Waals surface area contributed by atoms with Gasteiger partial charge in [0.1, 0.15) is 0 Å². The largest absolute Gasteiger partial charge is 0.454 e. The van der Waals surface area contributed by atoms with E-state index >= 15 is 0 Å². The first-order valence-electron chi connectivity index (χ1n) is 10.1. The zero-order chi connectivity index (χ0) is 18.6. The number of carbonyl (C=O) groups is 1. The van der Waals surface area contributed by atoms with Gasteiger partial charge in [-0.05, 0) is 30.5 Å². The van der Waals surface area contributed by atoms with Crippen LogP contribution in [-0.4, -0.2) is 79.3 Å². The number of nitrogens with zero attached hydrogens (tertiary/aromatic N) is 3. The van der Waals surface area contributed by atoms with Crippen LogP contribution in [-0.2, 0) is 11.3 Å². The highest BCUT2D eigenvalue weighted by molar-refractivity contribution is 5.76. The third kappa shape index (κ3) is 4.36. The molecule has 0 bridgehead atoms. The van der Waals surface area contributed by atoms with E-state index in [9.17, 15) is 4.79 Å². The number of ether oxygens (including phenoxy) is 2. The summed E-state index contributed by atoms with van der Waals surface area (Å²) >= 11 is 0. The fraction of sp³-hybridized carbons (Fsp3) is 0.650. The lowest BCUT2D eigenvalue weighted by molar-refractivity contribution is -0.133. The second-order valence-electron chi connectivity index (χ2n) is 7.67. The molecular weight excluding hydrogens is 344 g/mol. The van der Waals surface area contributed by atoms with Gasteiger partial charge in [0.05, 0.1) is 0 Å². The molecule has 1 aromatic carbocycles. The SMILES string of the molecule is NCCC(=O)N1CCC[C@@H](N2CCN(Cc3ccc4c(c3)OCO4)CC2)C1. The first-order chi connectivity index (χ1) is 13.2. The molecule has 0 radical (unpaired) electrons. The summed E-state index contributed by atoms with van der Waals surface area (Å²) in [7, 11) is 0. The number of benzene rings is 1. The van der Waals surface area contributed by atoms with Crippen molar-refractivity contribution in [2.24, 2.45) is 5.73 Å². The number of hydrogen-bond acceptors (Lipinski definition) is 6. The molecule has 1 amide bonds. The average Bonchev–Trinajstić information content (AvgIpc) is 3.17. The van der Waals surface area contributed by atoms with Crippen LogP contribution in [0.1, 0.15) is 24.8 Å². The molecule has 7 nitrogen and oxygen atoms in total. The molecule has 3 aliphatic rings. The molecule has 0 aromatic heterocycles. The lowest BCUT2D eigenvalue weighted by Gasteiger charge is -2.43. The maximum absolute atomic E-state index is 12.2. The highest BCUT2D eigenvalue weighted by Crippen LogP contribution is 2.33. The minimum Gasteiger partial charge on any atom is -0.454 e. The van der Waals surface area contributed by atoms with Crippen molar-refractivity contribution in [2.45, 2.75) is 31.8 Å². The summed E-state index contributed by atoms with van der Waals surface area (Å²) in [5.74, 6) is 1.91. The van der Waals surface area contributed by atoms with Crippen LogP contribution in [0.4, 0.5) is 0 Å². The molecule has 1 aromatic rings. The van der Waals surface area contributed by atoms with Crippen molar-refractivity contribution < 1.29 is 14.3 Å². The van der Waals surface area contributed by atoms with Crippen molar-refractivity contribution in [3.05, 3.63) is 23.8 Å². The van der Waals surface area contributed by atoms with Crippen molar-refractivity contribution >= 4 is 5.91 Å². The fourth-order valence-electron chi connectivity index (χ4n) is 4.34. The van der Waals surface area contributed by atoms with Crippen molar-refractivity contribution in [1.29, 1.82) is 0 Å². The molecule has 3 heterocycles. The molecule has 0 unspecified atom stereocenters. The number of amides is 1. The number of piperazine rings is 1. The summed E-state index contributed by atoms with van der Waals surface area (Å²) in [6.07, 6.45) is 2.75. The zero-order valence-corrected chi connectivity index (χ0v) is 15.9. The van der Waals surface area contributed by atoms with Crippen LogP contribution in [0.25, 0.3) is 0 Å². The number of likely N-dealkylation sites (tertiary alicyclic amines) is 1. The first-order valence-corrected chi connectivity index (χ1v) is 10.1. The van der Waals surface area contributed by atoms with E-state index in [1.165, 1.54) is 12.0 Å². The summed E-state index contributed by atoms with van der Waals surface area (Å²) in [5, 5.41) is 0. The number of carbonyl (C=O) groups excluding carboxylic acids is 1. The predicted molar refractivity (Wildman–Crippen MR) is 103 cm³/mol. The molecule has 2 fully saturated rings. The average molecular weight is 374 g/mol. The van der Waals surface area contributed by atoms with Gasteiger partial charge in [-0.15, -0.1) is 0 Å². The number of rotatable bonds is 5. The predicted octanol–water partition coefficient (Wildman–Crippen LogP) is 0.873. The molecule has 27 heavy (non-hydrogen) atoms. The van der Waals surface area contributed by atoms with E-state index in [2.05, 4.69) is 21.9 Å². The summed E-state index contributed by atoms with van der Waals surface area (Å²) in [6.45, 7) is 7.70. The molecule has 0 spiro atoms. The molecule has 2 N–H and O–H groups in total. The molecule has 2 saturated heterocycles. The van der Waals surface area contributed by atoms with Crippen LogP contribution in [0.5, 0.6) is 11.5 Å².